The molecule has 1 heterocycles. The fourth-order valence-electron chi connectivity index (χ4n) is 2.93. The molecule has 5 nitrogen and oxygen atoms in total. The Morgan fingerprint density at radius 3 is 2.75 bits per heavy atom. The number of oxazole rings is 1. The minimum absolute atomic E-state index is 0.0581. The molecule has 1 aromatic heterocycles. The second-order valence-corrected chi connectivity index (χ2v) is 6.67. The summed E-state index contributed by atoms with van der Waals surface area (Å²) in [4.78, 5) is 16.8. The first kappa shape index (κ1) is 17.8. The maximum atomic E-state index is 12.3. The molecule has 5 heteroatoms. The first-order valence-electron chi connectivity index (χ1n) is 9.04. The van der Waals surface area contributed by atoms with Crippen LogP contribution in [0, 0.1) is 13.8 Å². The SMILES string of the molecule is Cc1ccc(C)c(OCC(=O)Nc2cccc(-c3nc4ccccc4o3)c2)c1. The van der Waals surface area contributed by atoms with Gasteiger partial charge >= 0.3 is 0 Å². The van der Waals surface area contributed by atoms with Gasteiger partial charge in [-0.2, -0.15) is 0 Å². The first-order valence-corrected chi connectivity index (χ1v) is 9.04. The van der Waals surface area contributed by atoms with Gasteiger partial charge < -0.3 is 14.5 Å². The molecule has 0 unspecified atom stereocenters. The van der Waals surface area contributed by atoms with Gasteiger partial charge in [0.2, 0.25) is 5.89 Å². The summed E-state index contributed by atoms with van der Waals surface area (Å²) in [5.41, 5.74) is 5.07. The van der Waals surface area contributed by atoms with Gasteiger partial charge in [0.05, 0.1) is 0 Å². The number of benzene rings is 3. The van der Waals surface area contributed by atoms with Gasteiger partial charge in [-0.05, 0) is 61.4 Å². The quantitative estimate of drug-likeness (QED) is 0.527. The average Bonchev–Trinajstić information content (AvgIpc) is 3.13. The number of para-hydroxylation sites is 2. The number of aryl methyl sites for hydroxylation is 2. The van der Waals surface area contributed by atoms with E-state index in [0.717, 1.165) is 33.5 Å². The number of carbonyl (C=O) groups is 1. The zero-order valence-corrected chi connectivity index (χ0v) is 15.7. The normalized spacial score (nSPS) is 10.8. The highest BCUT2D eigenvalue weighted by Gasteiger charge is 2.10. The number of hydrogen-bond acceptors (Lipinski definition) is 4. The monoisotopic (exact) mass is 372 g/mol. The predicted octanol–water partition coefficient (Wildman–Crippen LogP) is 5.13. The van der Waals surface area contributed by atoms with E-state index in [2.05, 4.69) is 10.3 Å². The maximum absolute atomic E-state index is 12.3. The molecule has 0 atom stereocenters. The number of aromatic nitrogens is 1. The molecule has 1 N–H and O–H groups in total. The summed E-state index contributed by atoms with van der Waals surface area (Å²) in [5.74, 6) is 1.01. The van der Waals surface area contributed by atoms with Crippen molar-refractivity contribution in [1.82, 2.24) is 4.98 Å². The molecule has 3 aromatic carbocycles. The molecule has 4 rings (SSSR count). The lowest BCUT2D eigenvalue weighted by Crippen LogP contribution is -2.20. The number of carbonyl (C=O) groups excluding carboxylic acids is 1. The Morgan fingerprint density at radius 2 is 1.89 bits per heavy atom. The van der Waals surface area contributed by atoms with Crippen molar-refractivity contribution in [2.24, 2.45) is 0 Å². The van der Waals surface area contributed by atoms with Crippen molar-refractivity contribution in [2.75, 3.05) is 11.9 Å². The Hall–Kier alpha value is -3.60. The lowest BCUT2D eigenvalue weighted by atomic mass is 10.1. The standard InChI is InChI=1S/C23H20N2O3/c1-15-10-11-16(2)21(12-15)27-14-22(26)24-18-7-5-6-17(13-18)23-25-19-8-3-4-9-20(19)28-23/h3-13H,14H2,1-2H3,(H,24,26). The molecule has 140 valence electrons. The van der Waals surface area contributed by atoms with Crippen LogP contribution in [0.4, 0.5) is 5.69 Å². The van der Waals surface area contributed by atoms with E-state index in [1.54, 1.807) is 0 Å². The molecular weight excluding hydrogens is 352 g/mol. The number of amides is 1. The van der Waals surface area contributed by atoms with Gasteiger partial charge in [-0.15, -0.1) is 0 Å². The van der Waals surface area contributed by atoms with Gasteiger partial charge in [0.1, 0.15) is 11.3 Å². The lowest BCUT2D eigenvalue weighted by Gasteiger charge is -2.10. The third-order valence-corrected chi connectivity index (χ3v) is 4.39. The molecule has 0 saturated carbocycles. The van der Waals surface area contributed by atoms with Gasteiger partial charge in [0, 0.05) is 11.3 Å². The molecule has 0 saturated heterocycles. The summed E-state index contributed by atoms with van der Waals surface area (Å²) in [6.45, 7) is 3.89. The molecule has 0 fully saturated rings. The zero-order valence-electron chi connectivity index (χ0n) is 15.7. The number of ether oxygens (including phenoxy) is 1. The number of fused-ring (bicyclic) bond motifs is 1. The molecule has 0 radical (unpaired) electrons. The Balaban J connectivity index is 1.45. The highest BCUT2D eigenvalue weighted by molar-refractivity contribution is 5.92. The minimum atomic E-state index is -0.226. The van der Waals surface area contributed by atoms with Gasteiger partial charge in [0.15, 0.2) is 12.2 Å². The Morgan fingerprint density at radius 1 is 1.04 bits per heavy atom. The van der Waals surface area contributed by atoms with E-state index < -0.39 is 0 Å². The molecule has 0 bridgehead atoms. The van der Waals surface area contributed by atoms with Crippen molar-refractivity contribution in [1.29, 1.82) is 0 Å². The Kier molecular flexibility index (Phi) is 4.81. The van der Waals surface area contributed by atoms with E-state index in [1.165, 1.54) is 0 Å². The number of anilines is 1. The third-order valence-electron chi connectivity index (χ3n) is 4.39. The topological polar surface area (TPSA) is 64.4 Å². The van der Waals surface area contributed by atoms with Crippen LogP contribution in [0.15, 0.2) is 71.1 Å². The minimum Gasteiger partial charge on any atom is -0.483 e. The smallest absolute Gasteiger partial charge is 0.262 e. The Labute approximate surface area is 163 Å². The lowest BCUT2D eigenvalue weighted by molar-refractivity contribution is -0.118. The summed E-state index contributed by atoms with van der Waals surface area (Å²) in [7, 11) is 0. The van der Waals surface area contributed by atoms with Crippen LogP contribution >= 0.6 is 0 Å². The molecular formula is C23H20N2O3. The molecule has 1 amide bonds. The van der Waals surface area contributed by atoms with Gasteiger partial charge in [-0.25, -0.2) is 4.98 Å². The van der Waals surface area contributed by atoms with Crippen molar-refractivity contribution < 1.29 is 13.9 Å². The second-order valence-electron chi connectivity index (χ2n) is 6.67. The fourth-order valence-corrected chi connectivity index (χ4v) is 2.93. The van der Waals surface area contributed by atoms with Crippen LogP contribution in [0.3, 0.4) is 0 Å². The van der Waals surface area contributed by atoms with Gasteiger partial charge in [0.25, 0.3) is 5.91 Å². The van der Waals surface area contributed by atoms with Crippen molar-refractivity contribution in [3.8, 4) is 17.2 Å². The predicted molar refractivity (Wildman–Crippen MR) is 109 cm³/mol. The van der Waals surface area contributed by atoms with Crippen LogP contribution in [0.2, 0.25) is 0 Å². The van der Waals surface area contributed by atoms with Crippen LogP contribution in [-0.4, -0.2) is 17.5 Å². The highest BCUT2D eigenvalue weighted by Crippen LogP contribution is 2.26. The molecule has 28 heavy (non-hydrogen) atoms. The number of nitrogens with zero attached hydrogens (tertiary/aromatic N) is 1. The van der Waals surface area contributed by atoms with Crippen LogP contribution in [0.1, 0.15) is 11.1 Å². The third kappa shape index (κ3) is 3.88. The van der Waals surface area contributed by atoms with E-state index in [0.29, 0.717) is 11.6 Å². The summed E-state index contributed by atoms with van der Waals surface area (Å²) in [6.07, 6.45) is 0. The maximum Gasteiger partial charge on any atom is 0.262 e. The number of hydrogen-bond donors (Lipinski definition) is 1. The first-order chi connectivity index (χ1) is 13.6. The van der Waals surface area contributed by atoms with E-state index in [9.17, 15) is 4.79 Å². The largest absolute Gasteiger partial charge is 0.483 e. The van der Waals surface area contributed by atoms with Crippen LogP contribution < -0.4 is 10.1 Å². The van der Waals surface area contributed by atoms with Crippen molar-refractivity contribution in [3.05, 3.63) is 77.9 Å². The molecule has 0 aliphatic heterocycles. The van der Waals surface area contributed by atoms with Crippen molar-refractivity contribution >= 4 is 22.7 Å². The summed E-state index contributed by atoms with van der Waals surface area (Å²) >= 11 is 0. The molecule has 4 aromatic rings. The van der Waals surface area contributed by atoms with Gasteiger partial charge in [-0.3, -0.25) is 4.79 Å². The van der Waals surface area contributed by atoms with Crippen molar-refractivity contribution in [3.63, 3.8) is 0 Å². The fraction of sp³-hybridized carbons (Fsp3) is 0.130. The van der Waals surface area contributed by atoms with Gasteiger partial charge in [-0.1, -0.05) is 30.3 Å². The summed E-state index contributed by atoms with van der Waals surface area (Å²) in [5, 5.41) is 2.86. The van der Waals surface area contributed by atoms with E-state index in [4.69, 9.17) is 9.15 Å². The van der Waals surface area contributed by atoms with Crippen LogP contribution in [0.25, 0.3) is 22.6 Å². The molecule has 0 aliphatic rings. The van der Waals surface area contributed by atoms with E-state index in [1.807, 2.05) is 80.6 Å². The zero-order chi connectivity index (χ0) is 19.5. The summed E-state index contributed by atoms with van der Waals surface area (Å²) < 4.78 is 11.5. The van der Waals surface area contributed by atoms with Crippen LogP contribution in [-0.2, 0) is 4.79 Å². The number of rotatable bonds is 5. The molecule has 0 spiro atoms. The molecule has 0 aliphatic carbocycles. The summed E-state index contributed by atoms with van der Waals surface area (Å²) in [6, 6.07) is 20.9. The number of nitrogens with one attached hydrogen (secondary N) is 1. The van der Waals surface area contributed by atoms with Crippen molar-refractivity contribution in [2.45, 2.75) is 13.8 Å². The average molecular weight is 372 g/mol. The second kappa shape index (κ2) is 7.56. The van der Waals surface area contributed by atoms with E-state index >= 15 is 0 Å². The van der Waals surface area contributed by atoms with Crippen LogP contribution in [0.5, 0.6) is 5.75 Å². The van der Waals surface area contributed by atoms with E-state index in [-0.39, 0.29) is 12.5 Å². The Bertz CT molecular complexity index is 1110. The highest BCUT2D eigenvalue weighted by atomic mass is 16.5.